The molecule has 0 N–H and O–H groups in total. The molecule has 0 aliphatic rings. The average Bonchev–Trinajstić information content (AvgIpc) is 3.62. The number of hydrogen-bond donors (Lipinski definition) is 0. The second kappa shape index (κ2) is 13.5. The minimum absolute atomic E-state index is 0.807. The zero-order valence-corrected chi connectivity index (χ0v) is 30.8. The van der Waals surface area contributed by atoms with E-state index in [1.807, 2.05) is 36.4 Å². The van der Waals surface area contributed by atoms with Gasteiger partial charge in [-0.05, 0) is 100 Å². The SMILES string of the molecule is c1ccc(-c2nc3ccccc3c3cc4c5c(-c6ccc(-c7cc(-c8ccccn8)nc(-c8ccccn8)c7)cc6)cccc5n(-c5ccccc5)c4cc23)cc1. The van der Waals surface area contributed by atoms with Gasteiger partial charge < -0.3 is 4.57 Å². The lowest BCUT2D eigenvalue weighted by Crippen LogP contribution is -1.94. The van der Waals surface area contributed by atoms with Crippen LogP contribution in [0.5, 0.6) is 0 Å². The van der Waals surface area contributed by atoms with Gasteiger partial charge in [-0.2, -0.15) is 0 Å². The molecule has 0 spiro atoms. The normalized spacial score (nSPS) is 11.5. The first-order chi connectivity index (χ1) is 28.3. The third-order valence-corrected chi connectivity index (χ3v) is 10.9. The smallest absolute Gasteiger partial charge is 0.0900 e. The summed E-state index contributed by atoms with van der Waals surface area (Å²) >= 11 is 0. The van der Waals surface area contributed by atoms with Gasteiger partial charge in [-0.1, -0.05) is 115 Å². The van der Waals surface area contributed by atoms with E-state index in [1.165, 1.54) is 21.7 Å². The Morgan fingerprint density at radius 3 is 1.70 bits per heavy atom. The van der Waals surface area contributed by atoms with Gasteiger partial charge in [0.25, 0.3) is 0 Å². The zero-order chi connectivity index (χ0) is 37.7. The fourth-order valence-corrected chi connectivity index (χ4v) is 8.25. The highest BCUT2D eigenvalue weighted by Crippen LogP contribution is 2.43. The molecule has 0 saturated heterocycles. The number of aromatic nitrogens is 5. The molecule has 0 fully saturated rings. The molecule has 5 aromatic heterocycles. The van der Waals surface area contributed by atoms with Gasteiger partial charge in [0.05, 0.1) is 45.0 Å². The number of benzene rings is 6. The Kier molecular flexibility index (Phi) is 7.74. The third kappa shape index (κ3) is 5.64. The average molecular weight is 728 g/mol. The van der Waals surface area contributed by atoms with Gasteiger partial charge in [-0.3, -0.25) is 9.97 Å². The summed E-state index contributed by atoms with van der Waals surface area (Å²) in [6.45, 7) is 0. The maximum Gasteiger partial charge on any atom is 0.0900 e. The predicted octanol–water partition coefficient (Wildman–Crippen LogP) is 13.0. The van der Waals surface area contributed by atoms with E-state index >= 15 is 0 Å². The van der Waals surface area contributed by atoms with Crippen molar-refractivity contribution in [2.24, 2.45) is 0 Å². The fraction of sp³-hybridized carbons (Fsp3) is 0. The molecule has 0 unspecified atom stereocenters. The number of hydrogen-bond acceptors (Lipinski definition) is 4. The van der Waals surface area contributed by atoms with Crippen molar-refractivity contribution in [1.29, 1.82) is 0 Å². The Morgan fingerprint density at radius 1 is 0.351 bits per heavy atom. The van der Waals surface area contributed by atoms with E-state index in [-0.39, 0.29) is 0 Å². The summed E-state index contributed by atoms with van der Waals surface area (Å²) in [6, 6.07) is 66.1. The number of fused-ring (bicyclic) bond motifs is 6. The van der Waals surface area contributed by atoms with Crippen LogP contribution in [0.1, 0.15) is 0 Å². The number of rotatable bonds is 6. The van der Waals surface area contributed by atoms with Crippen LogP contribution in [0.3, 0.4) is 0 Å². The minimum atomic E-state index is 0.807. The van der Waals surface area contributed by atoms with E-state index in [1.54, 1.807) is 12.4 Å². The lowest BCUT2D eigenvalue weighted by Gasteiger charge is -2.12. The molecule has 5 heteroatoms. The van der Waals surface area contributed by atoms with Gasteiger partial charge in [-0.15, -0.1) is 0 Å². The second-order valence-electron chi connectivity index (χ2n) is 14.3. The Labute approximate surface area is 329 Å². The van der Waals surface area contributed by atoms with Crippen LogP contribution in [0.2, 0.25) is 0 Å². The Morgan fingerprint density at radius 2 is 1.00 bits per heavy atom. The maximum atomic E-state index is 5.26. The molecule has 6 aromatic carbocycles. The van der Waals surface area contributed by atoms with Crippen LogP contribution in [-0.4, -0.2) is 24.5 Å². The molecule has 11 aromatic rings. The molecule has 0 aliphatic heterocycles. The van der Waals surface area contributed by atoms with E-state index in [0.29, 0.717) is 0 Å². The van der Waals surface area contributed by atoms with Crippen LogP contribution in [0.25, 0.3) is 105 Å². The summed E-state index contributed by atoms with van der Waals surface area (Å²) in [5.41, 5.74) is 14.2. The summed E-state index contributed by atoms with van der Waals surface area (Å²) in [5.74, 6) is 0. The molecule has 5 nitrogen and oxygen atoms in total. The standard InChI is InChI=1S/C52H33N5/c1-3-14-36(15-4-1)52-42-33-50-43(32-41(42)40-18-7-8-20-44(40)56-52)51-39(19-13-23-49(51)57(50)38-16-5-2-6-17-38)35-26-24-34(25-27-35)37-30-47(45-21-9-11-28-53-45)55-48(31-37)46-22-10-12-29-54-46/h1-33H. The molecule has 0 aliphatic carbocycles. The van der Waals surface area contributed by atoms with Gasteiger partial charge in [0, 0.05) is 45.2 Å². The number of nitrogens with zero attached hydrogens (tertiary/aromatic N) is 5. The predicted molar refractivity (Wildman–Crippen MR) is 234 cm³/mol. The second-order valence-corrected chi connectivity index (χ2v) is 14.3. The quantitative estimate of drug-likeness (QED) is 0.160. The van der Waals surface area contributed by atoms with E-state index in [4.69, 9.17) is 9.97 Å². The first-order valence-corrected chi connectivity index (χ1v) is 19.1. The molecule has 0 radical (unpaired) electrons. The van der Waals surface area contributed by atoms with Crippen LogP contribution in [-0.2, 0) is 0 Å². The first-order valence-electron chi connectivity index (χ1n) is 19.1. The molecule has 11 rings (SSSR count). The number of pyridine rings is 4. The third-order valence-electron chi connectivity index (χ3n) is 10.9. The molecule has 0 saturated carbocycles. The Bertz CT molecular complexity index is 3190. The summed E-state index contributed by atoms with van der Waals surface area (Å²) in [5, 5.41) is 5.88. The first kappa shape index (κ1) is 32.7. The highest BCUT2D eigenvalue weighted by molar-refractivity contribution is 6.23. The largest absolute Gasteiger partial charge is 0.309 e. The molecule has 57 heavy (non-hydrogen) atoms. The Hall–Kier alpha value is -7.76. The Balaban J connectivity index is 1.13. The molecular formula is C52H33N5. The van der Waals surface area contributed by atoms with Crippen molar-refractivity contribution >= 4 is 43.5 Å². The van der Waals surface area contributed by atoms with Gasteiger partial charge in [0.15, 0.2) is 0 Å². The van der Waals surface area contributed by atoms with E-state index in [2.05, 4.69) is 166 Å². The maximum absolute atomic E-state index is 5.26. The highest BCUT2D eigenvalue weighted by Gasteiger charge is 2.20. The van der Waals surface area contributed by atoms with Crippen molar-refractivity contribution in [3.05, 3.63) is 200 Å². The molecule has 0 atom stereocenters. The van der Waals surface area contributed by atoms with Crippen LogP contribution < -0.4 is 0 Å². The van der Waals surface area contributed by atoms with Gasteiger partial charge in [0.1, 0.15) is 0 Å². The van der Waals surface area contributed by atoms with Gasteiger partial charge >= 0.3 is 0 Å². The molecule has 266 valence electrons. The van der Waals surface area contributed by atoms with E-state index in [0.717, 1.165) is 83.7 Å². The van der Waals surface area contributed by atoms with Crippen LogP contribution in [0.15, 0.2) is 200 Å². The van der Waals surface area contributed by atoms with Crippen molar-refractivity contribution in [3.8, 4) is 62.0 Å². The molecular weight excluding hydrogens is 695 g/mol. The topological polar surface area (TPSA) is 56.5 Å². The summed E-state index contributed by atoms with van der Waals surface area (Å²) < 4.78 is 2.40. The zero-order valence-electron chi connectivity index (χ0n) is 30.8. The van der Waals surface area contributed by atoms with Crippen LogP contribution in [0, 0.1) is 0 Å². The monoisotopic (exact) mass is 727 g/mol. The van der Waals surface area contributed by atoms with E-state index < -0.39 is 0 Å². The molecule has 0 amide bonds. The lowest BCUT2D eigenvalue weighted by atomic mass is 9.94. The summed E-state index contributed by atoms with van der Waals surface area (Å²) in [7, 11) is 0. The highest BCUT2D eigenvalue weighted by atomic mass is 15.0. The minimum Gasteiger partial charge on any atom is -0.309 e. The van der Waals surface area contributed by atoms with Crippen molar-refractivity contribution in [1.82, 2.24) is 24.5 Å². The van der Waals surface area contributed by atoms with Gasteiger partial charge in [0.2, 0.25) is 0 Å². The van der Waals surface area contributed by atoms with E-state index in [9.17, 15) is 0 Å². The number of para-hydroxylation sites is 2. The van der Waals surface area contributed by atoms with Crippen LogP contribution in [0.4, 0.5) is 0 Å². The summed E-state index contributed by atoms with van der Waals surface area (Å²) in [4.78, 5) is 19.5. The molecule has 0 bridgehead atoms. The van der Waals surface area contributed by atoms with Crippen molar-refractivity contribution in [2.75, 3.05) is 0 Å². The van der Waals surface area contributed by atoms with Crippen molar-refractivity contribution in [2.45, 2.75) is 0 Å². The fourth-order valence-electron chi connectivity index (χ4n) is 8.25. The van der Waals surface area contributed by atoms with Gasteiger partial charge in [-0.25, -0.2) is 9.97 Å². The van der Waals surface area contributed by atoms with Crippen LogP contribution >= 0.6 is 0 Å². The van der Waals surface area contributed by atoms with Crippen molar-refractivity contribution < 1.29 is 0 Å². The van der Waals surface area contributed by atoms with Crippen molar-refractivity contribution in [3.63, 3.8) is 0 Å². The molecule has 5 heterocycles. The summed E-state index contributed by atoms with van der Waals surface area (Å²) in [6.07, 6.45) is 3.61. The lowest BCUT2D eigenvalue weighted by molar-refractivity contribution is 1.18.